The number of aliphatic hydroxyl groups is 1. The number of pyridine rings is 1. The summed E-state index contributed by atoms with van der Waals surface area (Å²) in [6, 6.07) is 8.53. The first-order valence-electron chi connectivity index (χ1n) is 13.7. The van der Waals surface area contributed by atoms with Crippen LogP contribution in [0.5, 0.6) is 17.2 Å². The Labute approximate surface area is 248 Å². The molecule has 0 saturated heterocycles. The summed E-state index contributed by atoms with van der Waals surface area (Å²) in [5.74, 6) is -2.48. The third-order valence-corrected chi connectivity index (χ3v) is 7.76. The molecule has 0 spiro atoms. The molecule has 1 amide bonds. The first kappa shape index (κ1) is 31.4. The Balaban J connectivity index is 1.50. The van der Waals surface area contributed by atoms with Gasteiger partial charge in [0.25, 0.3) is 5.91 Å². The minimum Gasteiger partial charge on any atom is -0.504 e. The van der Waals surface area contributed by atoms with Gasteiger partial charge in [-0.25, -0.2) is 9.37 Å². The molecule has 3 aromatic rings. The number of phenols is 1. The average molecular weight is 626 g/mol. The number of carbonyl (C=O) groups is 1. The average Bonchev–Trinajstić information content (AvgIpc) is 3.73. The van der Waals surface area contributed by atoms with E-state index in [4.69, 9.17) is 4.74 Å². The molecule has 2 heterocycles. The number of rotatable bonds is 11. The molecule has 0 bridgehead atoms. The number of hydrogen-bond acceptors (Lipinski definition) is 7. The zero-order valence-electron chi connectivity index (χ0n) is 23.4. The van der Waals surface area contributed by atoms with E-state index in [0.717, 1.165) is 55.8 Å². The molecule has 2 aromatic carbocycles. The maximum Gasteiger partial charge on any atom is 0.424 e. The third-order valence-electron chi connectivity index (χ3n) is 7.76. The zero-order chi connectivity index (χ0) is 31.9. The number of hydrogen-bond donors (Lipinski definition) is 4. The number of benzene rings is 2. The second kappa shape index (κ2) is 11.8. The highest BCUT2D eigenvalue weighted by Crippen LogP contribution is 2.47. The predicted molar refractivity (Wildman–Crippen MR) is 145 cm³/mol. The van der Waals surface area contributed by atoms with E-state index in [9.17, 15) is 41.4 Å². The number of fused-ring (bicyclic) bond motifs is 1. The Kier molecular flexibility index (Phi) is 8.42. The van der Waals surface area contributed by atoms with Crippen LogP contribution in [0.4, 0.5) is 26.3 Å². The Bertz CT molecular complexity index is 1530. The lowest BCUT2D eigenvalue weighted by atomic mass is 9.82. The summed E-state index contributed by atoms with van der Waals surface area (Å²) in [4.78, 5) is 16.9. The van der Waals surface area contributed by atoms with E-state index in [1.165, 1.54) is 12.1 Å². The van der Waals surface area contributed by atoms with Crippen molar-refractivity contribution in [3.05, 3.63) is 71.2 Å². The van der Waals surface area contributed by atoms with Gasteiger partial charge in [0.05, 0.1) is 18.8 Å². The van der Waals surface area contributed by atoms with Gasteiger partial charge in [-0.05, 0) is 73.8 Å². The number of phenolic OH excluding ortho intramolecular Hbond substituents is 1. The number of amides is 1. The molecule has 1 saturated carbocycles. The van der Waals surface area contributed by atoms with Gasteiger partial charge < -0.3 is 30.3 Å². The van der Waals surface area contributed by atoms with Crippen molar-refractivity contribution < 1.29 is 50.8 Å². The molecule has 1 aromatic heterocycles. The fourth-order valence-electron chi connectivity index (χ4n) is 4.97. The first-order valence-corrected chi connectivity index (χ1v) is 13.7. The molecule has 4 N–H and O–H groups in total. The van der Waals surface area contributed by atoms with E-state index in [-0.39, 0.29) is 29.2 Å². The molecule has 2 aliphatic rings. The molecule has 1 fully saturated rings. The van der Waals surface area contributed by atoms with E-state index in [2.05, 4.69) is 15.0 Å². The zero-order valence-corrected chi connectivity index (χ0v) is 23.4. The molecule has 5 rings (SSSR count). The van der Waals surface area contributed by atoms with Crippen molar-refractivity contribution in [3.63, 3.8) is 0 Å². The summed E-state index contributed by atoms with van der Waals surface area (Å²) in [6.07, 6.45) is -3.16. The van der Waals surface area contributed by atoms with Crippen molar-refractivity contribution in [1.29, 1.82) is 0 Å². The minimum absolute atomic E-state index is 0.0445. The maximum atomic E-state index is 14.6. The van der Waals surface area contributed by atoms with Gasteiger partial charge in [-0.3, -0.25) is 4.79 Å². The van der Waals surface area contributed by atoms with Crippen molar-refractivity contribution in [1.82, 2.24) is 15.6 Å². The first-order chi connectivity index (χ1) is 20.7. The highest BCUT2D eigenvalue weighted by atomic mass is 19.4. The quantitative estimate of drug-likeness (QED) is 0.221. The highest BCUT2D eigenvalue weighted by molar-refractivity contribution is 5.95. The van der Waals surface area contributed by atoms with E-state index < -0.39 is 59.3 Å². The second-order valence-corrected chi connectivity index (χ2v) is 11.3. The van der Waals surface area contributed by atoms with Crippen LogP contribution in [0.2, 0.25) is 0 Å². The Hall–Kier alpha value is -4.04. The maximum absolute atomic E-state index is 14.6. The van der Waals surface area contributed by atoms with Crippen LogP contribution in [-0.2, 0) is 11.0 Å². The van der Waals surface area contributed by atoms with Crippen LogP contribution < -0.4 is 20.1 Å². The van der Waals surface area contributed by atoms with Gasteiger partial charge in [0.15, 0.2) is 11.5 Å². The summed E-state index contributed by atoms with van der Waals surface area (Å²) in [7, 11) is 0. The van der Waals surface area contributed by atoms with Crippen LogP contribution in [0.3, 0.4) is 0 Å². The Morgan fingerprint density at radius 2 is 1.86 bits per heavy atom. The number of ether oxygens (including phenoxy) is 2. The minimum atomic E-state index is -5.35. The number of carbonyl (C=O) groups excluding carboxylic acids is 1. The number of aromatic hydroxyl groups is 1. The molecule has 14 heteroatoms. The van der Waals surface area contributed by atoms with Crippen molar-refractivity contribution in [2.24, 2.45) is 5.92 Å². The second-order valence-electron chi connectivity index (χ2n) is 11.3. The van der Waals surface area contributed by atoms with Crippen LogP contribution >= 0.6 is 0 Å². The number of aromatic nitrogens is 1. The van der Waals surface area contributed by atoms with Gasteiger partial charge in [-0.15, -0.1) is 0 Å². The standard InChI is InChI=1S/C30H29F6N3O5/c1-28(13-37-12-16-2-3-16)15-43-25-20(28)11-23(39-24(25)17-4-7-19(31)8-5-17)29(42,30(34,35)36)14-38-26(41)18-6-9-22(21(40)10-18)44-27(32)33/h4-11,16,27,37,40,42H,2-3,12-15H2,1H3,(H,38,41)/t28-,29?/m0/s1. The number of nitrogens with one attached hydrogen (secondary N) is 2. The summed E-state index contributed by atoms with van der Waals surface area (Å²) < 4.78 is 92.7. The van der Waals surface area contributed by atoms with Gasteiger partial charge in [-0.2, -0.15) is 22.0 Å². The van der Waals surface area contributed by atoms with Crippen molar-refractivity contribution >= 4 is 5.91 Å². The normalized spacial score (nSPS) is 19.3. The van der Waals surface area contributed by atoms with Crippen LogP contribution in [0.15, 0.2) is 48.5 Å². The molecule has 8 nitrogen and oxygen atoms in total. The van der Waals surface area contributed by atoms with Gasteiger partial charge in [0.2, 0.25) is 5.60 Å². The summed E-state index contributed by atoms with van der Waals surface area (Å²) >= 11 is 0. The smallest absolute Gasteiger partial charge is 0.424 e. The van der Waals surface area contributed by atoms with E-state index in [1.807, 2.05) is 5.32 Å². The SMILES string of the molecule is C[C@]1(CNCC2CC2)COc2c1cc(C(O)(CNC(=O)c1ccc(OC(F)F)c(O)c1)C(F)(F)F)nc2-c1ccc(F)cc1. The summed E-state index contributed by atoms with van der Waals surface area (Å²) in [5.41, 5.74) is -5.19. The van der Waals surface area contributed by atoms with Crippen molar-refractivity contribution in [3.8, 4) is 28.5 Å². The summed E-state index contributed by atoms with van der Waals surface area (Å²) in [6.45, 7) is -1.65. The van der Waals surface area contributed by atoms with Crippen molar-refractivity contribution in [2.75, 3.05) is 26.2 Å². The molecule has 1 aliphatic heterocycles. The molecule has 0 radical (unpaired) electrons. The van der Waals surface area contributed by atoms with Crippen LogP contribution in [0, 0.1) is 11.7 Å². The molecule has 1 aliphatic carbocycles. The van der Waals surface area contributed by atoms with Crippen LogP contribution in [0.1, 0.15) is 41.4 Å². The van der Waals surface area contributed by atoms with Gasteiger partial charge in [0.1, 0.15) is 17.3 Å². The van der Waals surface area contributed by atoms with Gasteiger partial charge in [0, 0.05) is 28.7 Å². The van der Waals surface area contributed by atoms with Gasteiger partial charge in [-0.1, -0.05) is 6.92 Å². The van der Waals surface area contributed by atoms with Crippen LogP contribution in [0.25, 0.3) is 11.3 Å². The monoisotopic (exact) mass is 625 g/mol. The van der Waals surface area contributed by atoms with Crippen LogP contribution in [-0.4, -0.2) is 60.1 Å². The molecular formula is C30H29F6N3O5. The lowest BCUT2D eigenvalue weighted by molar-refractivity contribution is -0.265. The fourth-order valence-corrected chi connectivity index (χ4v) is 4.97. The number of halogens is 6. The topological polar surface area (TPSA) is 113 Å². The molecule has 236 valence electrons. The Morgan fingerprint density at radius 3 is 2.48 bits per heavy atom. The van der Waals surface area contributed by atoms with E-state index in [0.29, 0.717) is 18.0 Å². The number of nitrogens with zero attached hydrogens (tertiary/aromatic N) is 1. The molecule has 2 atom stereocenters. The van der Waals surface area contributed by atoms with E-state index in [1.54, 1.807) is 6.92 Å². The Morgan fingerprint density at radius 1 is 1.16 bits per heavy atom. The highest BCUT2D eigenvalue weighted by Gasteiger charge is 2.57. The van der Waals surface area contributed by atoms with Crippen molar-refractivity contribution in [2.45, 2.75) is 43.6 Å². The van der Waals surface area contributed by atoms with E-state index >= 15 is 0 Å². The fraction of sp³-hybridized carbons (Fsp3) is 0.400. The number of alkyl halides is 5. The lowest BCUT2D eigenvalue weighted by Crippen LogP contribution is -2.51. The molecule has 1 unspecified atom stereocenters. The van der Waals surface area contributed by atoms with Gasteiger partial charge >= 0.3 is 12.8 Å². The lowest BCUT2D eigenvalue weighted by Gasteiger charge is -2.32. The predicted octanol–water partition coefficient (Wildman–Crippen LogP) is 5.02. The summed E-state index contributed by atoms with van der Waals surface area (Å²) in [5, 5.41) is 26.5. The molecule has 44 heavy (non-hydrogen) atoms. The largest absolute Gasteiger partial charge is 0.504 e. The third kappa shape index (κ3) is 6.41. The molecular weight excluding hydrogens is 596 g/mol.